The van der Waals surface area contributed by atoms with E-state index in [2.05, 4.69) is 52.3 Å². The lowest BCUT2D eigenvalue weighted by molar-refractivity contribution is 0.170. The molecule has 0 bridgehead atoms. The van der Waals surface area contributed by atoms with Crippen molar-refractivity contribution in [1.82, 2.24) is 9.88 Å². The SMILES string of the molecule is COc1cccc(-c2ccc(CN3CCC[C@H]3c3ccc4c(c3)OCCO4)cc2)n1. The topological polar surface area (TPSA) is 43.8 Å². The number of ether oxygens (including phenoxy) is 3. The lowest BCUT2D eigenvalue weighted by Crippen LogP contribution is -2.23. The number of likely N-dealkylation sites (tertiary alicyclic amines) is 1. The van der Waals surface area contributed by atoms with E-state index in [0.29, 0.717) is 25.1 Å². The zero-order valence-electron chi connectivity index (χ0n) is 17.2. The monoisotopic (exact) mass is 402 g/mol. The van der Waals surface area contributed by atoms with E-state index >= 15 is 0 Å². The Morgan fingerprint density at radius 2 is 1.83 bits per heavy atom. The highest BCUT2D eigenvalue weighted by molar-refractivity contribution is 5.60. The van der Waals surface area contributed by atoms with Crippen molar-refractivity contribution in [2.24, 2.45) is 0 Å². The zero-order chi connectivity index (χ0) is 20.3. The summed E-state index contributed by atoms with van der Waals surface area (Å²) in [4.78, 5) is 7.09. The fourth-order valence-electron chi connectivity index (χ4n) is 4.36. The van der Waals surface area contributed by atoms with Crippen molar-refractivity contribution >= 4 is 0 Å². The first-order valence-electron chi connectivity index (χ1n) is 10.5. The Morgan fingerprint density at radius 3 is 2.67 bits per heavy atom. The van der Waals surface area contributed by atoms with Gasteiger partial charge in [0.25, 0.3) is 0 Å². The molecule has 0 radical (unpaired) electrons. The Labute approximate surface area is 177 Å². The molecule has 2 aromatic carbocycles. The molecule has 0 saturated carbocycles. The van der Waals surface area contributed by atoms with E-state index in [0.717, 1.165) is 35.8 Å². The Bertz CT molecular complexity index is 1020. The van der Waals surface area contributed by atoms with Gasteiger partial charge in [-0.3, -0.25) is 4.90 Å². The lowest BCUT2D eigenvalue weighted by Gasteiger charge is -2.26. The molecule has 5 nitrogen and oxygen atoms in total. The van der Waals surface area contributed by atoms with Crippen molar-refractivity contribution < 1.29 is 14.2 Å². The molecule has 5 heteroatoms. The number of aromatic nitrogens is 1. The summed E-state index contributed by atoms with van der Waals surface area (Å²) in [7, 11) is 1.64. The maximum absolute atomic E-state index is 5.79. The second-order valence-electron chi connectivity index (χ2n) is 7.79. The van der Waals surface area contributed by atoms with Gasteiger partial charge in [-0.15, -0.1) is 0 Å². The van der Waals surface area contributed by atoms with Crippen molar-refractivity contribution in [2.45, 2.75) is 25.4 Å². The van der Waals surface area contributed by atoms with Gasteiger partial charge < -0.3 is 14.2 Å². The number of nitrogens with zero attached hydrogens (tertiary/aromatic N) is 2. The molecule has 154 valence electrons. The van der Waals surface area contributed by atoms with Crippen molar-refractivity contribution in [3.8, 4) is 28.6 Å². The number of rotatable bonds is 5. The van der Waals surface area contributed by atoms with E-state index < -0.39 is 0 Å². The minimum atomic E-state index is 0.417. The lowest BCUT2D eigenvalue weighted by atomic mass is 10.0. The van der Waals surface area contributed by atoms with Crippen molar-refractivity contribution in [3.63, 3.8) is 0 Å². The summed E-state index contributed by atoms with van der Waals surface area (Å²) in [6.07, 6.45) is 2.39. The molecule has 0 unspecified atom stereocenters. The molecule has 3 aromatic rings. The van der Waals surface area contributed by atoms with Crippen molar-refractivity contribution in [3.05, 3.63) is 71.8 Å². The molecule has 0 aliphatic carbocycles. The molecule has 1 fully saturated rings. The molecule has 2 aliphatic heterocycles. The zero-order valence-corrected chi connectivity index (χ0v) is 17.2. The summed E-state index contributed by atoms with van der Waals surface area (Å²) in [5.41, 5.74) is 4.65. The molecule has 0 spiro atoms. The van der Waals surface area contributed by atoms with Gasteiger partial charge in [-0.2, -0.15) is 0 Å². The molecular formula is C25H26N2O3. The molecule has 3 heterocycles. The van der Waals surface area contributed by atoms with Crippen LogP contribution in [0.2, 0.25) is 0 Å². The Balaban J connectivity index is 1.31. The van der Waals surface area contributed by atoms with Gasteiger partial charge in [-0.1, -0.05) is 36.4 Å². The summed E-state index contributed by atoms with van der Waals surface area (Å²) in [6.45, 7) is 3.30. The highest BCUT2D eigenvalue weighted by atomic mass is 16.6. The second-order valence-corrected chi connectivity index (χ2v) is 7.79. The van der Waals surface area contributed by atoms with Crippen LogP contribution in [0, 0.1) is 0 Å². The fraction of sp³-hybridized carbons (Fsp3) is 0.320. The first kappa shape index (κ1) is 18.9. The number of hydrogen-bond donors (Lipinski definition) is 0. The van der Waals surface area contributed by atoms with Crippen LogP contribution in [0.5, 0.6) is 17.4 Å². The van der Waals surface area contributed by atoms with E-state index in [-0.39, 0.29) is 0 Å². The third-order valence-electron chi connectivity index (χ3n) is 5.88. The highest BCUT2D eigenvalue weighted by Gasteiger charge is 2.27. The molecule has 0 amide bonds. The third-order valence-corrected chi connectivity index (χ3v) is 5.88. The summed E-state index contributed by atoms with van der Waals surface area (Å²) < 4.78 is 16.7. The van der Waals surface area contributed by atoms with Gasteiger partial charge in [0, 0.05) is 24.2 Å². The number of benzene rings is 2. The van der Waals surface area contributed by atoms with Crippen molar-refractivity contribution in [1.29, 1.82) is 0 Å². The predicted molar refractivity (Wildman–Crippen MR) is 116 cm³/mol. The number of pyridine rings is 1. The first-order chi connectivity index (χ1) is 14.8. The number of fused-ring (bicyclic) bond motifs is 1. The third kappa shape index (κ3) is 3.85. The largest absolute Gasteiger partial charge is 0.486 e. The maximum atomic E-state index is 5.79. The first-order valence-corrected chi connectivity index (χ1v) is 10.5. The van der Waals surface area contributed by atoms with Crippen LogP contribution in [-0.4, -0.2) is 36.8 Å². The molecule has 30 heavy (non-hydrogen) atoms. The van der Waals surface area contributed by atoms with Gasteiger partial charge in [0.15, 0.2) is 11.5 Å². The van der Waals surface area contributed by atoms with Crippen LogP contribution in [-0.2, 0) is 6.54 Å². The molecule has 0 N–H and O–H groups in total. The number of methoxy groups -OCH3 is 1. The quantitative estimate of drug-likeness (QED) is 0.609. The van der Waals surface area contributed by atoms with Gasteiger partial charge >= 0.3 is 0 Å². The summed E-state index contributed by atoms with van der Waals surface area (Å²) in [5, 5.41) is 0. The minimum absolute atomic E-state index is 0.417. The molecule has 1 saturated heterocycles. The maximum Gasteiger partial charge on any atom is 0.213 e. The van der Waals surface area contributed by atoms with Crippen LogP contribution >= 0.6 is 0 Å². The predicted octanol–water partition coefficient (Wildman–Crippen LogP) is 4.87. The number of hydrogen-bond acceptors (Lipinski definition) is 5. The van der Waals surface area contributed by atoms with Gasteiger partial charge in [-0.25, -0.2) is 4.98 Å². The Kier molecular flexibility index (Phi) is 5.28. The standard InChI is InChI=1S/C25H26N2O3/c1-28-25-6-2-4-21(26-25)19-9-7-18(8-10-19)17-27-13-3-5-22(27)20-11-12-23-24(16-20)30-15-14-29-23/h2,4,6-12,16,22H,3,5,13-15,17H2,1H3/t22-/m0/s1. The van der Waals surface area contributed by atoms with E-state index in [1.165, 1.54) is 24.0 Å². The van der Waals surface area contributed by atoms with Crippen LogP contribution < -0.4 is 14.2 Å². The highest BCUT2D eigenvalue weighted by Crippen LogP contribution is 2.38. The van der Waals surface area contributed by atoms with Crippen LogP contribution in [0.4, 0.5) is 0 Å². The smallest absolute Gasteiger partial charge is 0.213 e. The van der Waals surface area contributed by atoms with Gasteiger partial charge in [0.2, 0.25) is 5.88 Å². The van der Waals surface area contributed by atoms with E-state index in [4.69, 9.17) is 14.2 Å². The Morgan fingerprint density at radius 1 is 1.00 bits per heavy atom. The van der Waals surface area contributed by atoms with Gasteiger partial charge in [-0.05, 0) is 48.7 Å². The Hall–Kier alpha value is -3.05. The minimum Gasteiger partial charge on any atom is -0.486 e. The van der Waals surface area contributed by atoms with E-state index in [1.54, 1.807) is 7.11 Å². The normalized spacial score (nSPS) is 18.4. The second kappa shape index (κ2) is 8.36. The average Bonchev–Trinajstić information content (AvgIpc) is 3.27. The van der Waals surface area contributed by atoms with Crippen LogP contribution in [0.3, 0.4) is 0 Å². The molecule has 1 atom stereocenters. The van der Waals surface area contributed by atoms with Gasteiger partial charge in [0.05, 0.1) is 12.8 Å². The van der Waals surface area contributed by atoms with E-state index in [1.807, 2.05) is 18.2 Å². The molecule has 2 aliphatic rings. The average molecular weight is 402 g/mol. The molecule has 1 aromatic heterocycles. The molecular weight excluding hydrogens is 376 g/mol. The summed E-state index contributed by atoms with van der Waals surface area (Å²) in [6, 6.07) is 21.4. The van der Waals surface area contributed by atoms with Crippen LogP contribution in [0.15, 0.2) is 60.7 Å². The van der Waals surface area contributed by atoms with Crippen LogP contribution in [0.25, 0.3) is 11.3 Å². The molecule has 5 rings (SSSR count). The van der Waals surface area contributed by atoms with E-state index in [9.17, 15) is 0 Å². The van der Waals surface area contributed by atoms with Gasteiger partial charge in [0.1, 0.15) is 13.2 Å². The fourth-order valence-corrected chi connectivity index (χ4v) is 4.36. The summed E-state index contributed by atoms with van der Waals surface area (Å²) >= 11 is 0. The summed E-state index contributed by atoms with van der Waals surface area (Å²) in [5.74, 6) is 2.37. The van der Waals surface area contributed by atoms with Crippen LogP contribution in [0.1, 0.15) is 30.0 Å². The van der Waals surface area contributed by atoms with Crippen molar-refractivity contribution in [2.75, 3.05) is 26.9 Å².